The summed E-state index contributed by atoms with van der Waals surface area (Å²) in [6.45, 7) is 0.667. The minimum Gasteiger partial charge on any atom is -0.508 e. The van der Waals surface area contributed by atoms with Crippen LogP contribution in [0, 0.1) is 0 Å². The summed E-state index contributed by atoms with van der Waals surface area (Å²) in [5, 5.41) is 13.8. The monoisotopic (exact) mass is 239 g/mol. The highest BCUT2D eigenvalue weighted by atomic mass is 16.3. The molecule has 0 saturated heterocycles. The maximum Gasteiger partial charge on any atom is 0.134 e. The molecule has 0 radical (unpaired) electrons. The third-order valence-electron chi connectivity index (χ3n) is 2.89. The van der Waals surface area contributed by atoms with E-state index in [1.165, 1.54) is 0 Å². The van der Waals surface area contributed by atoms with Gasteiger partial charge >= 0.3 is 0 Å². The first-order valence-corrected chi connectivity index (χ1v) is 5.81. The van der Waals surface area contributed by atoms with Gasteiger partial charge in [0, 0.05) is 29.2 Å². The Morgan fingerprint density at radius 2 is 1.94 bits per heavy atom. The van der Waals surface area contributed by atoms with Crippen LogP contribution in [0.1, 0.15) is 5.56 Å². The smallest absolute Gasteiger partial charge is 0.134 e. The Morgan fingerprint density at radius 1 is 1.06 bits per heavy atom. The summed E-state index contributed by atoms with van der Waals surface area (Å²) in [5.41, 5.74) is 2.89. The molecule has 1 aromatic heterocycles. The van der Waals surface area contributed by atoms with E-state index in [4.69, 9.17) is 4.42 Å². The number of para-hydroxylation sites is 1. The van der Waals surface area contributed by atoms with Gasteiger partial charge in [-0.15, -0.1) is 0 Å². The van der Waals surface area contributed by atoms with Gasteiger partial charge in [-0.25, -0.2) is 0 Å². The van der Waals surface area contributed by atoms with E-state index in [9.17, 15) is 5.11 Å². The standard InChI is InChI=1S/C15H13NO2/c17-13-5-3-4-12(8-13)16-9-11-10-18-15-7-2-1-6-14(11)15/h1-8,10,16-17H,9H2. The van der Waals surface area contributed by atoms with Crippen molar-refractivity contribution in [2.75, 3.05) is 5.32 Å². The maximum absolute atomic E-state index is 9.38. The molecule has 0 saturated carbocycles. The summed E-state index contributed by atoms with van der Waals surface area (Å²) in [6, 6.07) is 15.0. The largest absolute Gasteiger partial charge is 0.508 e. The summed E-state index contributed by atoms with van der Waals surface area (Å²) in [5.74, 6) is 0.261. The van der Waals surface area contributed by atoms with Crippen LogP contribution in [0.5, 0.6) is 5.75 Å². The van der Waals surface area contributed by atoms with Gasteiger partial charge in [0.1, 0.15) is 11.3 Å². The number of nitrogens with one attached hydrogen (secondary N) is 1. The van der Waals surface area contributed by atoms with Crippen LogP contribution in [0.2, 0.25) is 0 Å². The number of fused-ring (bicyclic) bond motifs is 1. The molecule has 0 aliphatic carbocycles. The van der Waals surface area contributed by atoms with Gasteiger partial charge in [0.15, 0.2) is 0 Å². The fourth-order valence-electron chi connectivity index (χ4n) is 1.98. The van der Waals surface area contributed by atoms with Gasteiger partial charge in [0.2, 0.25) is 0 Å². The van der Waals surface area contributed by atoms with Gasteiger partial charge < -0.3 is 14.8 Å². The van der Waals surface area contributed by atoms with Gasteiger partial charge in [-0.2, -0.15) is 0 Å². The van der Waals surface area contributed by atoms with E-state index in [0.29, 0.717) is 6.54 Å². The van der Waals surface area contributed by atoms with Crippen LogP contribution >= 0.6 is 0 Å². The fourth-order valence-corrected chi connectivity index (χ4v) is 1.98. The highest BCUT2D eigenvalue weighted by molar-refractivity contribution is 5.81. The topological polar surface area (TPSA) is 45.4 Å². The summed E-state index contributed by atoms with van der Waals surface area (Å²) in [7, 11) is 0. The lowest BCUT2D eigenvalue weighted by atomic mass is 10.2. The molecule has 0 atom stereocenters. The van der Waals surface area contributed by atoms with Gasteiger partial charge in [-0.05, 0) is 18.2 Å². The van der Waals surface area contributed by atoms with Crippen molar-refractivity contribution in [1.29, 1.82) is 0 Å². The van der Waals surface area contributed by atoms with Crippen LogP contribution in [0.3, 0.4) is 0 Å². The summed E-state index contributed by atoms with van der Waals surface area (Å²) >= 11 is 0. The first-order chi connectivity index (χ1) is 8.83. The van der Waals surface area contributed by atoms with Crippen LogP contribution in [-0.4, -0.2) is 5.11 Å². The SMILES string of the molecule is Oc1cccc(NCc2coc3ccccc23)c1. The zero-order chi connectivity index (χ0) is 12.4. The maximum atomic E-state index is 9.38. The lowest BCUT2D eigenvalue weighted by molar-refractivity contribution is 0.475. The van der Waals surface area contributed by atoms with Gasteiger partial charge in [-0.3, -0.25) is 0 Å². The van der Waals surface area contributed by atoms with E-state index in [1.807, 2.05) is 36.4 Å². The number of hydrogen-bond acceptors (Lipinski definition) is 3. The molecule has 0 amide bonds. The fraction of sp³-hybridized carbons (Fsp3) is 0.0667. The number of hydrogen-bond donors (Lipinski definition) is 2. The number of furan rings is 1. The first-order valence-electron chi connectivity index (χ1n) is 5.81. The Hall–Kier alpha value is -2.42. The number of phenols is 1. The molecule has 2 aromatic carbocycles. The minimum atomic E-state index is 0.261. The molecule has 0 bridgehead atoms. The number of anilines is 1. The molecule has 0 fully saturated rings. The molecule has 0 spiro atoms. The van der Waals surface area contributed by atoms with Crippen molar-refractivity contribution in [2.24, 2.45) is 0 Å². The zero-order valence-electron chi connectivity index (χ0n) is 9.76. The minimum absolute atomic E-state index is 0.261. The number of rotatable bonds is 3. The Morgan fingerprint density at radius 3 is 2.83 bits per heavy atom. The van der Waals surface area contributed by atoms with E-state index < -0.39 is 0 Å². The average molecular weight is 239 g/mol. The normalized spacial score (nSPS) is 10.7. The zero-order valence-corrected chi connectivity index (χ0v) is 9.76. The number of phenolic OH excluding ortho intramolecular Hbond substituents is 1. The summed E-state index contributed by atoms with van der Waals surface area (Å²) in [6.07, 6.45) is 1.76. The molecule has 0 aliphatic rings. The van der Waals surface area contributed by atoms with Crippen LogP contribution in [0.25, 0.3) is 11.0 Å². The van der Waals surface area contributed by atoms with Crippen molar-refractivity contribution in [3.8, 4) is 5.75 Å². The quantitative estimate of drug-likeness (QED) is 0.731. The first kappa shape index (κ1) is 10.7. The lowest BCUT2D eigenvalue weighted by Crippen LogP contribution is -1.97. The molecule has 3 nitrogen and oxygen atoms in total. The van der Waals surface area contributed by atoms with Crippen LogP contribution in [0.15, 0.2) is 59.2 Å². The highest BCUT2D eigenvalue weighted by Gasteiger charge is 2.04. The van der Waals surface area contributed by atoms with Crippen molar-refractivity contribution in [3.05, 3.63) is 60.4 Å². The van der Waals surface area contributed by atoms with E-state index in [1.54, 1.807) is 18.4 Å². The van der Waals surface area contributed by atoms with Crippen molar-refractivity contribution in [1.82, 2.24) is 0 Å². The van der Waals surface area contributed by atoms with E-state index in [-0.39, 0.29) is 5.75 Å². The van der Waals surface area contributed by atoms with E-state index >= 15 is 0 Å². The number of aromatic hydroxyl groups is 1. The molecule has 3 heteroatoms. The molecule has 1 heterocycles. The lowest BCUT2D eigenvalue weighted by Gasteiger charge is -2.05. The van der Waals surface area contributed by atoms with Gasteiger partial charge in [0.25, 0.3) is 0 Å². The Balaban J connectivity index is 1.81. The second-order valence-electron chi connectivity index (χ2n) is 4.16. The average Bonchev–Trinajstić information content (AvgIpc) is 2.80. The second-order valence-corrected chi connectivity index (χ2v) is 4.16. The predicted octanol–water partition coefficient (Wildman–Crippen LogP) is 3.75. The van der Waals surface area contributed by atoms with Crippen LogP contribution < -0.4 is 5.32 Å². The van der Waals surface area contributed by atoms with Crippen molar-refractivity contribution < 1.29 is 9.52 Å². The molecule has 18 heavy (non-hydrogen) atoms. The van der Waals surface area contributed by atoms with Crippen LogP contribution in [-0.2, 0) is 6.54 Å². The van der Waals surface area contributed by atoms with Gasteiger partial charge in [-0.1, -0.05) is 24.3 Å². The Labute approximate surface area is 105 Å². The molecular weight excluding hydrogens is 226 g/mol. The van der Waals surface area contributed by atoms with Crippen molar-refractivity contribution >= 4 is 16.7 Å². The van der Waals surface area contributed by atoms with E-state index in [0.717, 1.165) is 22.2 Å². The third-order valence-corrected chi connectivity index (χ3v) is 2.89. The Bertz CT molecular complexity index is 673. The summed E-state index contributed by atoms with van der Waals surface area (Å²) in [4.78, 5) is 0. The highest BCUT2D eigenvalue weighted by Crippen LogP contribution is 2.22. The van der Waals surface area contributed by atoms with E-state index in [2.05, 4.69) is 5.32 Å². The second kappa shape index (κ2) is 4.45. The number of benzene rings is 2. The molecule has 3 rings (SSSR count). The molecule has 90 valence electrons. The molecular formula is C15H13NO2. The van der Waals surface area contributed by atoms with Gasteiger partial charge in [0.05, 0.1) is 6.26 Å². The summed E-state index contributed by atoms with van der Waals surface area (Å²) < 4.78 is 5.47. The predicted molar refractivity (Wildman–Crippen MR) is 71.6 cm³/mol. The third kappa shape index (κ3) is 2.02. The molecule has 2 N–H and O–H groups in total. The van der Waals surface area contributed by atoms with Crippen LogP contribution in [0.4, 0.5) is 5.69 Å². The molecule has 0 aliphatic heterocycles. The molecule has 3 aromatic rings. The van der Waals surface area contributed by atoms with Crippen molar-refractivity contribution in [3.63, 3.8) is 0 Å². The van der Waals surface area contributed by atoms with Crippen molar-refractivity contribution in [2.45, 2.75) is 6.54 Å². The Kier molecular flexibility index (Phi) is 2.65. The molecule has 0 unspecified atom stereocenters.